The first kappa shape index (κ1) is 26.9. The molecule has 1 heterocycles. The Labute approximate surface area is 225 Å². The molecule has 4 rings (SSSR count). The van der Waals surface area contributed by atoms with Gasteiger partial charge in [0.25, 0.3) is 15.9 Å². The van der Waals surface area contributed by atoms with E-state index < -0.39 is 22.5 Å². The lowest BCUT2D eigenvalue weighted by Crippen LogP contribution is -2.39. The zero-order chi connectivity index (χ0) is 27.3. The molecule has 3 aromatic carbocycles. The van der Waals surface area contributed by atoms with Gasteiger partial charge in [-0.3, -0.25) is 9.10 Å². The van der Waals surface area contributed by atoms with Gasteiger partial charge in [-0.2, -0.15) is 5.10 Å². The maximum absolute atomic E-state index is 13.6. The largest absolute Gasteiger partial charge is 0.497 e. The minimum atomic E-state index is -4.11. The molecule has 4 aromatic rings. The van der Waals surface area contributed by atoms with Crippen molar-refractivity contribution in [2.75, 3.05) is 25.1 Å². The predicted octanol–water partition coefficient (Wildman–Crippen LogP) is 4.56. The number of carbonyl (C=O) groups is 1. The highest BCUT2D eigenvalue weighted by molar-refractivity contribution is 7.92. The summed E-state index contributed by atoms with van der Waals surface area (Å²) in [5, 5.41) is 4.95. The third-order valence-electron chi connectivity index (χ3n) is 5.65. The van der Waals surface area contributed by atoms with Crippen molar-refractivity contribution >= 4 is 50.3 Å². The van der Waals surface area contributed by atoms with Gasteiger partial charge in [0.15, 0.2) is 0 Å². The van der Waals surface area contributed by atoms with Crippen molar-refractivity contribution in [1.82, 2.24) is 10.4 Å². The first-order chi connectivity index (χ1) is 18.2. The number of nitrogens with zero attached hydrogens (tertiary/aromatic N) is 3. The highest BCUT2D eigenvalue weighted by Gasteiger charge is 2.29. The van der Waals surface area contributed by atoms with E-state index in [1.807, 2.05) is 13.0 Å². The number of fused-ring (bicyclic) bond motifs is 1. The molecule has 0 atom stereocenters. The number of rotatable bonds is 9. The molecular formula is C27H25ClN4O5S. The SMILES string of the molecule is COc1ccc2cc(/C=N/NC(=O)CN(c3ccccc3OC)S(=O)(=O)c3ccc(C)cc3)c(Cl)nc2c1. The highest BCUT2D eigenvalue weighted by atomic mass is 35.5. The van der Waals surface area contributed by atoms with Crippen LogP contribution in [0.4, 0.5) is 5.69 Å². The summed E-state index contributed by atoms with van der Waals surface area (Å²) in [4.78, 5) is 17.3. The van der Waals surface area contributed by atoms with E-state index in [-0.39, 0.29) is 15.7 Å². The number of hydrazone groups is 1. The summed E-state index contributed by atoms with van der Waals surface area (Å²) in [7, 11) is -1.12. The number of amides is 1. The average molecular weight is 553 g/mol. The molecule has 0 fully saturated rings. The number of aromatic nitrogens is 1. The minimum absolute atomic E-state index is 0.0379. The lowest BCUT2D eigenvalue weighted by molar-refractivity contribution is -0.119. The molecule has 0 spiro atoms. The summed E-state index contributed by atoms with van der Waals surface area (Å²) in [6.45, 7) is 1.31. The molecule has 0 unspecified atom stereocenters. The summed E-state index contributed by atoms with van der Waals surface area (Å²) in [6.07, 6.45) is 1.35. The number of halogens is 1. The number of ether oxygens (including phenoxy) is 2. The quantitative estimate of drug-likeness (QED) is 0.185. The van der Waals surface area contributed by atoms with E-state index in [1.54, 1.807) is 61.7 Å². The van der Waals surface area contributed by atoms with E-state index in [4.69, 9.17) is 21.1 Å². The van der Waals surface area contributed by atoms with Gasteiger partial charge in [-0.25, -0.2) is 18.8 Å². The first-order valence-corrected chi connectivity index (χ1v) is 13.2. The average Bonchev–Trinajstić information content (AvgIpc) is 2.91. The van der Waals surface area contributed by atoms with Crippen molar-refractivity contribution in [2.45, 2.75) is 11.8 Å². The fourth-order valence-electron chi connectivity index (χ4n) is 3.67. The maximum Gasteiger partial charge on any atom is 0.264 e. The van der Waals surface area contributed by atoms with Crippen molar-refractivity contribution in [1.29, 1.82) is 0 Å². The van der Waals surface area contributed by atoms with E-state index in [9.17, 15) is 13.2 Å². The van der Waals surface area contributed by atoms with Gasteiger partial charge in [-0.15, -0.1) is 0 Å². The molecule has 0 aliphatic heterocycles. The van der Waals surface area contributed by atoms with Crippen LogP contribution in [-0.2, 0) is 14.8 Å². The Balaban J connectivity index is 1.58. The Hall–Kier alpha value is -4.15. The third kappa shape index (κ3) is 5.87. The van der Waals surface area contributed by atoms with Gasteiger partial charge < -0.3 is 9.47 Å². The second kappa shape index (κ2) is 11.5. The molecule has 38 heavy (non-hydrogen) atoms. The summed E-state index contributed by atoms with van der Waals surface area (Å²) < 4.78 is 38.7. The number of aryl methyl sites for hydroxylation is 1. The van der Waals surface area contributed by atoms with Gasteiger partial charge >= 0.3 is 0 Å². The summed E-state index contributed by atoms with van der Waals surface area (Å²) in [5.41, 5.74) is 4.60. The molecule has 0 bridgehead atoms. The van der Waals surface area contributed by atoms with Crippen molar-refractivity contribution < 1.29 is 22.7 Å². The lowest BCUT2D eigenvalue weighted by atomic mass is 10.1. The van der Waals surface area contributed by atoms with Crippen LogP contribution in [0.25, 0.3) is 10.9 Å². The molecule has 1 N–H and O–H groups in total. The number of methoxy groups -OCH3 is 2. The van der Waals surface area contributed by atoms with Gasteiger partial charge in [0.1, 0.15) is 23.2 Å². The molecular weight excluding hydrogens is 528 g/mol. The summed E-state index contributed by atoms with van der Waals surface area (Å²) >= 11 is 6.29. The minimum Gasteiger partial charge on any atom is -0.497 e. The van der Waals surface area contributed by atoms with E-state index in [1.165, 1.54) is 25.5 Å². The second-order valence-electron chi connectivity index (χ2n) is 8.22. The number of carbonyl (C=O) groups excluding carboxylic acids is 1. The standard InChI is InChI=1S/C27H25ClN4O5S/c1-18-8-12-22(13-9-18)38(34,35)32(24-6-4-5-7-25(24)37-3)17-26(33)31-29-16-20-14-19-10-11-21(36-2)15-23(19)30-27(20)28/h4-16H,17H2,1-3H3,(H,31,33)/b29-16+. The van der Waals surface area contributed by atoms with E-state index in [0.29, 0.717) is 22.6 Å². The number of nitrogens with one attached hydrogen (secondary N) is 1. The van der Waals surface area contributed by atoms with Crippen LogP contribution >= 0.6 is 11.6 Å². The van der Waals surface area contributed by atoms with Crippen LogP contribution in [0.2, 0.25) is 5.15 Å². The van der Waals surface area contributed by atoms with Crippen LogP contribution < -0.4 is 19.2 Å². The molecule has 0 saturated carbocycles. The number of hydrogen-bond acceptors (Lipinski definition) is 7. The fraction of sp³-hybridized carbons (Fsp3) is 0.148. The van der Waals surface area contributed by atoms with Crippen LogP contribution in [0.3, 0.4) is 0 Å². The van der Waals surface area contributed by atoms with Gasteiger partial charge in [0.2, 0.25) is 0 Å². The van der Waals surface area contributed by atoms with Crippen LogP contribution in [-0.4, -0.2) is 46.3 Å². The van der Waals surface area contributed by atoms with Crippen LogP contribution in [0, 0.1) is 6.92 Å². The molecule has 11 heteroatoms. The van der Waals surface area contributed by atoms with Crippen LogP contribution in [0.15, 0.2) is 82.8 Å². The molecule has 1 aromatic heterocycles. The lowest BCUT2D eigenvalue weighted by Gasteiger charge is -2.25. The Bertz CT molecular complexity index is 1610. The van der Waals surface area contributed by atoms with Crippen LogP contribution in [0.1, 0.15) is 11.1 Å². The first-order valence-electron chi connectivity index (χ1n) is 11.4. The van der Waals surface area contributed by atoms with E-state index in [2.05, 4.69) is 15.5 Å². The van der Waals surface area contributed by atoms with Gasteiger partial charge in [0, 0.05) is 17.0 Å². The van der Waals surface area contributed by atoms with Crippen molar-refractivity contribution in [2.24, 2.45) is 5.10 Å². The van der Waals surface area contributed by atoms with Crippen molar-refractivity contribution in [3.05, 3.63) is 89.1 Å². The number of anilines is 1. The van der Waals surface area contributed by atoms with Crippen molar-refractivity contribution in [3.8, 4) is 11.5 Å². The van der Waals surface area contributed by atoms with Gasteiger partial charge in [-0.05, 0) is 49.4 Å². The Morgan fingerprint density at radius 1 is 1.05 bits per heavy atom. The normalized spacial score (nSPS) is 11.5. The monoisotopic (exact) mass is 552 g/mol. The van der Waals surface area contributed by atoms with Gasteiger partial charge in [0.05, 0.1) is 36.5 Å². The zero-order valence-electron chi connectivity index (χ0n) is 20.9. The number of para-hydroxylation sites is 2. The van der Waals surface area contributed by atoms with E-state index in [0.717, 1.165) is 15.3 Å². The highest BCUT2D eigenvalue weighted by Crippen LogP contribution is 2.32. The number of sulfonamides is 1. The Morgan fingerprint density at radius 3 is 2.50 bits per heavy atom. The molecule has 0 aliphatic rings. The Morgan fingerprint density at radius 2 is 1.79 bits per heavy atom. The molecule has 0 aliphatic carbocycles. The second-order valence-corrected chi connectivity index (χ2v) is 10.4. The molecule has 1 amide bonds. The maximum atomic E-state index is 13.6. The zero-order valence-corrected chi connectivity index (χ0v) is 22.5. The molecule has 0 radical (unpaired) electrons. The Kier molecular flexibility index (Phi) is 8.13. The summed E-state index contributed by atoms with van der Waals surface area (Å²) in [5.74, 6) is 0.275. The number of pyridine rings is 1. The van der Waals surface area contributed by atoms with Crippen molar-refractivity contribution in [3.63, 3.8) is 0 Å². The third-order valence-corrected chi connectivity index (χ3v) is 7.73. The predicted molar refractivity (Wildman–Crippen MR) is 148 cm³/mol. The topological polar surface area (TPSA) is 110 Å². The smallest absolute Gasteiger partial charge is 0.264 e. The fourth-order valence-corrected chi connectivity index (χ4v) is 5.30. The van der Waals surface area contributed by atoms with Crippen LogP contribution in [0.5, 0.6) is 11.5 Å². The number of benzene rings is 3. The molecule has 0 saturated heterocycles. The molecule has 9 nitrogen and oxygen atoms in total. The van der Waals surface area contributed by atoms with E-state index >= 15 is 0 Å². The van der Waals surface area contributed by atoms with Gasteiger partial charge in [-0.1, -0.05) is 41.4 Å². The number of hydrogen-bond donors (Lipinski definition) is 1. The molecule has 196 valence electrons. The summed E-state index contributed by atoms with van der Waals surface area (Å²) in [6, 6.07) is 20.1.